The van der Waals surface area contributed by atoms with Gasteiger partial charge in [-0.15, -0.1) is 0 Å². The second-order valence-electron chi connectivity index (χ2n) is 8.03. The van der Waals surface area contributed by atoms with Crippen LogP contribution in [0, 0.1) is 23.5 Å². The fourth-order valence-electron chi connectivity index (χ4n) is 4.00. The zero-order valence-corrected chi connectivity index (χ0v) is 17.0. The summed E-state index contributed by atoms with van der Waals surface area (Å²) in [4.78, 5) is 44.1. The Morgan fingerprint density at radius 2 is 1.84 bits per heavy atom. The van der Waals surface area contributed by atoms with Crippen molar-refractivity contribution in [1.82, 2.24) is 0 Å². The molecule has 8 heteroatoms. The first-order valence-corrected chi connectivity index (χ1v) is 9.92. The molecular weight excluding hydrogens is 406 g/mol. The van der Waals surface area contributed by atoms with Gasteiger partial charge in [0.15, 0.2) is 0 Å². The predicted molar refractivity (Wildman–Crippen MR) is 108 cm³/mol. The molecule has 6 nitrogen and oxygen atoms in total. The largest absolute Gasteiger partial charge is 0.427 e. The number of cyclic esters (lactones) is 1. The number of amides is 2. The summed E-state index contributed by atoms with van der Waals surface area (Å²) in [6.07, 6.45) is -0.0864. The fraction of sp³-hybridized carbons (Fsp3) is 0.304. The van der Waals surface area contributed by atoms with Crippen molar-refractivity contribution in [3.63, 3.8) is 0 Å². The standard InChI is InChI=1S/C23H20F2N2O4/c1-13(2)10-19-22(30)31-23(26-19,16-9-8-14(24)11-18(16)25)17-12-20(28)27(21(17)29)15-6-4-3-5-7-15/h3-9,11,13,17H,10,12H2,1-2H3/t17-,23-/m0/s1. The zero-order valence-electron chi connectivity index (χ0n) is 17.0. The number of carbonyl (C=O) groups is 3. The van der Waals surface area contributed by atoms with Crippen LogP contribution in [0.1, 0.15) is 32.3 Å². The molecule has 0 bridgehead atoms. The van der Waals surface area contributed by atoms with Crippen LogP contribution in [0.5, 0.6) is 0 Å². The highest BCUT2D eigenvalue weighted by Crippen LogP contribution is 2.46. The van der Waals surface area contributed by atoms with E-state index in [1.54, 1.807) is 30.3 Å². The summed E-state index contributed by atoms with van der Waals surface area (Å²) in [5, 5.41) is 0. The van der Waals surface area contributed by atoms with Gasteiger partial charge in [-0.3, -0.25) is 14.5 Å². The van der Waals surface area contributed by atoms with E-state index in [0.717, 1.165) is 17.0 Å². The van der Waals surface area contributed by atoms with E-state index in [9.17, 15) is 23.2 Å². The van der Waals surface area contributed by atoms with Crippen LogP contribution in [0.15, 0.2) is 53.5 Å². The molecule has 2 aromatic rings. The molecule has 2 aromatic carbocycles. The van der Waals surface area contributed by atoms with Crippen LogP contribution in [0.25, 0.3) is 0 Å². The molecule has 1 fully saturated rings. The van der Waals surface area contributed by atoms with E-state index < -0.39 is 41.1 Å². The maximum absolute atomic E-state index is 14.9. The van der Waals surface area contributed by atoms with Crippen molar-refractivity contribution in [2.75, 3.05) is 4.90 Å². The second kappa shape index (κ2) is 7.68. The van der Waals surface area contributed by atoms with Crippen LogP contribution in [-0.4, -0.2) is 23.5 Å². The van der Waals surface area contributed by atoms with E-state index in [2.05, 4.69) is 4.99 Å². The highest BCUT2D eigenvalue weighted by Gasteiger charge is 2.59. The Morgan fingerprint density at radius 1 is 1.13 bits per heavy atom. The van der Waals surface area contributed by atoms with Gasteiger partial charge in [-0.25, -0.2) is 18.6 Å². The number of hydrogen-bond donors (Lipinski definition) is 0. The van der Waals surface area contributed by atoms with Gasteiger partial charge in [0.1, 0.15) is 23.3 Å². The van der Waals surface area contributed by atoms with Gasteiger partial charge in [-0.2, -0.15) is 0 Å². The molecule has 2 atom stereocenters. The molecule has 160 valence electrons. The van der Waals surface area contributed by atoms with Crippen LogP contribution < -0.4 is 4.90 Å². The van der Waals surface area contributed by atoms with Gasteiger partial charge in [-0.1, -0.05) is 32.0 Å². The average Bonchev–Trinajstić information content (AvgIpc) is 3.19. The molecule has 0 N–H and O–H groups in total. The lowest BCUT2D eigenvalue weighted by Crippen LogP contribution is -2.41. The first-order valence-electron chi connectivity index (χ1n) is 9.92. The van der Waals surface area contributed by atoms with Crippen molar-refractivity contribution in [2.24, 2.45) is 16.8 Å². The molecule has 2 aliphatic heterocycles. The Bertz CT molecular complexity index is 1100. The van der Waals surface area contributed by atoms with Crippen molar-refractivity contribution >= 4 is 29.2 Å². The van der Waals surface area contributed by atoms with E-state index in [1.165, 1.54) is 0 Å². The summed E-state index contributed by atoms with van der Waals surface area (Å²) in [7, 11) is 0. The van der Waals surface area contributed by atoms with E-state index >= 15 is 0 Å². The second-order valence-corrected chi connectivity index (χ2v) is 8.03. The Balaban J connectivity index is 1.85. The molecule has 0 unspecified atom stereocenters. The summed E-state index contributed by atoms with van der Waals surface area (Å²) in [6, 6.07) is 11.0. The van der Waals surface area contributed by atoms with Gasteiger partial charge in [0.05, 0.1) is 11.3 Å². The number of halogens is 2. The van der Waals surface area contributed by atoms with Crippen LogP contribution in [0.4, 0.5) is 14.5 Å². The lowest BCUT2D eigenvalue weighted by molar-refractivity contribution is -0.156. The molecule has 2 amide bonds. The van der Waals surface area contributed by atoms with E-state index in [1.807, 2.05) is 13.8 Å². The molecule has 0 spiro atoms. The SMILES string of the molecule is CC(C)CC1=N[C@](c2ccc(F)cc2F)([C@H]2CC(=O)N(c3ccccc3)C2=O)OC1=O. The summed E-state index contributed by atoms with van der Waals surface area (Å²) in [5.74, 6) is -5.05. The van der Waals surface area contributed by atoms with Gasteiger partial charge in [0.2, 0.25) is 17.5 Å². The topological polar surface area (TPSA) is 76.0 Å². The lowest BCUT2D eigenvalue weighted by Gasteiger charge is -2.30. The number of hydrogen-bond acceptors (Lipinski definition) is 5. The first kappa shape index (κ1) is 20.8. The number of nitrogens with zero attached hydrogens (tertiary/aromatic N) is 2. The van der Waals surface area contributed by atoms with Crippen LogP contribution in [0.3, 0.4) is 0 Å². The highest BCUT2D eigenvalue weighted by molar-refractivity contribution is 6.38. The minimum Gasteiger partial charge on any atom is -0.427 e. The molecule has 31 heavy (non-hydrogen) atoms. The third kappa shape index (κ3) is 3.52. The molecule has 0 aliphatic carbocycles. The molecule has 2 aliphatic rings. The fourth-order valence-corrected chi connectivity index (χ4v) is 4.00. The van der Waals surface area contributed by atoms with Crippen molar-refractivity contribution in [3.05, 3.63) is 65.7 Å². The van der Waals surface area contributed by atoms with Crippen molar-refractivity contribution < 1.29 is 27.9 Å². The number of carbonyl (C=O) groups excluding carboxylic acids is 3. The molecule has 0 aromatic heterocycles. The minimum absolute atomic E-state index is 0.0434. The van der Waals surface area contributed by atoms with Gasteiger partial charge in [-0.05, 0) is 36.6 Å². The average molecular weight is 426 g/mol. The summed E-state index contributed by atoms with van der Waals surface area (Å²) >= 11 is 0. The maximum atomic E-state index is 14.9. The lowest BCUT2D eigenvalue weighted by atomic mass is 9.87. The molecule has 1 saturated heterocycles. The number of para-hydroxylation sites is 1. The monoisotopic (exact) mass is 426 g/mol. The zero-order chi connectivity index (χ0) is 22.3. The summed E-state index contributed by atoms with van der Waals surface area (Å²) in [6.45, 7) is 3.74. The number of imide groups is 1. The molecule has 0 saturated carbocycles. The predicted octanol–water partition coefficient (Wildman–Crippen LogP) is 3.74. The molecule has 0 radical (unpaired) electrons. The van der Waals surface area contributed by atoms with Gasteiger partial charge >= 0.3 is 5.97 Å². The van der Waals surface area contributed by atoms with E-state index in [-0.39, 0.29) is 30.0 Å². The van der Waals surface area contributed by atoms with Crippen molar-refractivity contribution in [3.8, 4) is 0 Å². The summed E-state index contributed by atoms with van der Waals surface area (Å²) < 4.78 is 34.0. The smallest absolute Gasteiger partial charge is 0.354 e. The number of ether oxygens (including phenoxy) is 1. The Labute approximate surface area is 177 Å². The van der Waals surface area contributed by atoms with Crippen LogP contribution >= 0.6 is 0 Å². The Hall–Kier alpha value is -3.42. The quantitative estimate of drug-likeness (QED) is 0.539. The van der Waals surface area contributed by atoms with Gasteiger partial charge < -0.3 is 4.74 Å². The van der Waals surface area contributed by atoms with E-state index in [0.29, 0.717) is 11.8 Å². The highest BCUT2D eigenvalue weighted by atomic mass is 19.1. The minimum atomic E-state index is -2.07. The number of rotatable bonds is 5. The summed E-state index contributed by atoms with van der Waals surface area (Å²) in [5.41, 5.74) is -1.93. The number of benzene rings is 2. The van der Waals surface area contributed by atoms with Crippen molar-refractivity contribution in [1.29, 1.82) is 0 Å². The maximum Gasteiger partial charge on any atom is 0.354 e. The Morgan fingerprint density at radius 3 is 2.48 bits per heavy atom. The Kier molecular flexibility index (Phi) is 5.16. The molecule has 4 rings (SSSR count). The molecule has 2 heterocycles. The van der Waals surface area contributed by atoms with Crippen LogP contribution in [-0.2, 0) is 24.8 Å². The molecular formula is C23H20F2N2O4. The number of anilines is 1. The third-order valence-corrected chi connectivity index (χ3v) is 5.34. The van der Waals surface area contributed by atoms with Crippen molar-refractivity contribution in [2.45, 2.75) is 32.4 Å². The normalized spacial score (nSPS) is 23.5. The van der Waals surface area contributed by atoms with Crippen LogP contribution in [0.2, 0.25) is 0 Å². The van der Waals surface area contributed by atoms with Gasteiger partial charge in [0.25, 0.3) is 0 Å². The number of esters is 1. The first-order chi connectivity index (χ1) is 14.7. The van der Waals surface area contributed by atoms with E-state index in [4.69, 9.17) is 4.74 Å². The van der Waals surface area contributed by atoms with Gasteiger partial charge in [0, 0.05) is 12.5 Å². The third-order valence-electron chi connectivity index (χ3n) is 5.34. The number of aliphatic imine (C=N–C) groups is 1.